The van der Waals surface area contributed by atoms with Crippen LogP contribution in [-0.2, 0) is 14.8 Å². The van der Waals surface area contributed by atoms with Gasteiger partial charge in [-0.1, -0.05) is 31.0 Å². The number of unbranched alkanes of at least 4 members (excludes halogenated alkanes) is 1. The van der Waals surface area contributed by atoms with Gasteiger partial charge in [-0.15, -0.1) is 0 Å². The van der Waals surface area contributed by atoms with E-state index in [4.69, 9.17) is 0 Å². The Balaban J connectivity index is 2.12. The Labute approximate surface area is 145 Å². The highest BCUT2D eigenvalue weighted by Crippen LogP contribution is 2.26. The van der Waals surface area contributed by atoms with E-state index in [1.807, 2.05) is 32.9 Å². The van der Waals surface area contributed by atoms with Gasteiger partial charge in [0.2, 0.25) is 15.9 Å². The molecule has 1 aromatic carbocycles. The van der Waals surface area contributed by atoms with Crippen molar-refractivity contribution in [2.45, 2.75) is 51.9 Å². The van der Waals surface area contributed by atoms with Crippen LogP contribution < -0.4 is 0 Å². The molecule has 24 heavy (non-hydrogen) atoms. The number of hydrogen-bond acceptors (Lipinski definition) is 3. The Kier molecular flexibility index (Phi) is 6.04. The molecular formula is C18H28N2O3S. The molecule has 6 heteroatoms. The second kappa shape index (κ2) is 7.66. The first-order chi connectivity index (χ1) is 11.3. The topological polar surface area (TPSA) is 57.7 Å². The number of amides is 1. The maximum absolute atomic E-state index is 13.0. The van der Waals surface area contributed by atoms with Crippen LogP contribution in [0.15, 0.2) is 17.0 Å². The van der Waals surface area contributed by atoms with E-state index in [1.165, 1.54) is 4.31 Å². The van der Waals surface area contributed by atoms with Crippen LogP contribution in [0.5, 0.6) is 0 Å². The number of carbonyl (C=O) groups excluding carboxylic acids is 1. The summed E-state index contributed by atoms with van der Waals surface area (Å²) in [5, 5.41) is 0. The summed E-state index contributed by atoms with van der Waals surface area (Å²) in [6.07, 6.45) is 2.44. The number of benzene rings is 1. The minimum atomic E-state index is -3.51. The lowest BCUT2D eigenvalue weighted by molar-refractivity contribution is -0.132. The molecule has 0 spiro atoms. The van der Waals surface area contributed by atoms with Crippen molar-refractivity contribution < 1.29 is 13.2 Å². The molecular weight excluding hydrogens is 324 g/mol. The zero-order valence-electron chi connectivity index (χ0n) is 15.1. The molecule has 5 nitrogen and oxygen atoms in total. The van der Waals surface area contributed by atoms with Crippen molar-refractivity contribution in [3.05, 3.63) is 28.8 Å². The summed E-state index contributed by atoms with van der Waals surface area (Å²) in [6, 6.07) is 3.81. The summed E-state index contributed by atoms with van der Waals surface area (Å²) in [5.74, 6) is 0.136. The predicted octanol–water partition coefficient (Wildman–Crippen LogP) is 2.63. The van der Waals surface area contributed by atoms with E-state index in [2.05, 4.69) is 6.92 Å². The lowest BCUT2D eigenvalue weighted by Gasteiger charge is -2.34. The molecule has 1 aliphatic heterocycles. The molecule has 1 aliphatic rings. The minimum absolute atomic E-state index is 0.136. The molecule has 0 saturated carbocycles. The predicted molar refractivity (Wildman–Crippen MR) is 95.5 cm³/mol. The summed E-state index contributed by atoms with van der Waals surface area (Å²) in [6.45, 7) is 9.41. The molecule has 0 unspecified atom stereocenters. The monoisotopic (exact) mass is 352 g/mol. The van der Waals surface area contributed by atoms with Gasteiger partial charge in [0.15, 0.2) is 0 Å². The molecule has 0 aromatic heterocycles. The fourth-order valence-corrected chi connectivity index (χ4v) is 5.20. The number of sulfonamides is 1. The van der Waals surface area contributed by atoms with Crippen molar-refractivity contribution in [2.24, 2.45) is 0 Å². The molecule has 0 bridgehead atoms. The van der Waals surface area contributed by atoms with Gasteiger partial charge < -0.3 is 4.90 Å². The Morgan fingerprint density at radius 3 is 2.08 bits per heavy atom. The quantitative estimate of drug-likeness (QED) is 0.818. The van der Waals surface area contributed by atoms with Gasteiger partial charge in [-0.25, -0.2) is 8.42 Å². The highest BCUT2D eigenvalue weighted by Gasteiger charge is 2.31. The van der Waals surface area contributed by atoms with Crippen molar-refractivity contribution in [1.82, 2.24) is 9.21 Å². The number of nitrogens with zero attached hydrogens (tertiary/aromatic N) is 2. The lowest BCUT2D eigenvalue weighted by atomic mass is 10.1. The van der Waals surface area contributed by atoms with Crippen molar-refractivity contribution in [3.63, 3.8) is 0 Å². The SMILES string of the molecule is CCCCC(=O)N1CCN(S(=O)(=O)c2c(C)cc(C)cc2C)CC1. The Morgan fingerprint density at radius 1 is 1.04 bits per heavy atom. The average Bonchev–Trinajstić information content (AvgIpc) is 2.51. The van der Waals surface area contributed by atoms with E-state index in [1.54, 1.807) is 4.90 Å². The van der Waals surface area contributed by atoms with E-state index < -0.39 is 10.0 Å². The summed E-state index contributed by atoms with van der Waals surface area (Å²) >= 11 is 0. The third-order valence-corrected chi connectivity index (χ3v) is 6.74. The van der Waals surface area contributed by atoms with Crippen LogP contribution in [0, 0.1) is 20.8 Å². The molecule has 1 saturated heterocycles. The molecule has 0 aliphatic carbocycles. The van der Waals surface area contributed by atoms with Crippen molar-refractivity contribution in [1.29, 1.82) is 0 Å². The molecule has 134 valence electrons. The van der Waals surface area contributed by atoms with E-state index in [0.717, 1.165) is 29.5 Å². The van der Waals surface area contributed by atoms with Gasteiger partial charge in [-0.2, -0.15) is 4.31 Å². The van der Waals surface area contributed by atoms with Crippen LogP contribution in [0.1, 0.15) is 42.9 Å². The Hall–Kier alpha value is -1.40. The molecule has 2 rings (SSSR count). The molecule has 0 radical (unpaired) electrons. The third kappa shape index (κ3) is 3.98. The van der Waals surface area contributed by atoms with E-state index in [9.17, 15) is 13.2 Å². The van der Waals surface area contributed by atoms with Crippen LogP contribution in [0.3, 0.4) is 0 Å². The summed E-state index contributed by atoms with van der Waals surface area (Å²) in [5.41, 5.74) is 2.64. The fraction of sp³-hybridized carbons (Fsp3) is 0.611. The van der Waals surface area contributed by atoms with Crippen molar-refractivity contribution in [2.75, 3.05) is 26.2 Å². The number of piperazine rings is 1. The Bertz CT molecular complexity index is 682. The largest absolute Gasteiger partial charge is 0.340 e. The average molecular weight is 353 g/mol. The van der Waals surface area contributed by atoms with E-state index in [-0.39, 0.29) is 5.91 Å². The summed E-state index contributed by atoms with van der Waals surface area (Å²) in [4.78, 5) is 14.3. The Morgan fingerprint density at radius 2 is 1.58 bits per heavy atom. The van der Waals surface area contributed by atoms with Gasteiger partial charge in [0, 0.05) is 32.6 Å². The number of aryl methyl sites for hydroxylation is 3. The number of hydrogen-bond donors (Lipinski definition) is 0. The van der Waals surface area contributed by atoms with Crippen LogP contribution in [0.2, 0.25) is 0 Å². The fourth-order valence-electron chi connectivity index (χ4n) is 3.37. The first kappa shape index (κ1) is 18.9. The van der Waals surface area contributed by atoms with E-state index in [0.29, 0.717) is 37.5 Å². The second-order valence-corrected chi connectivity index (χ2v) is 8.49. The van der Waals surface area contributed by atoms with Gasteiger partial charge in [0.1, 0.15) is 0 Å². The molecule has 0 atom stereocenters. The van der Waals surface area contributed by atoms with E-state index >= 15 is 0 Å². The smallest absolute Gasteiger partial charge is 0.243 e. The van der Waals surface area contributed by atoms with Crippen molar-refractivity contribution >= 4 is 15.9 Å². The first-order valence-electron chi connectivity index (χ1n) is 8.63. The van der Waals surface area contributed by atoms with Gasteiger partial charge in [0.05, 0.1) is 4.90 Å². The minimum Gasteiger partial charge on any atom is -0.340 e. The van der Waals surface area contributed by atoms with Crippen molar-refractivity contribution in [3.8, 4) is 0 Å². The second-order valence-electron chi connectivity index (χ2n) is 6.62. The number of rotatable bonds is 5. The lowest BCUT2D eigenvalue weighted by Crippen LogP contribution is -2.50. The molecule has 1 aromatic rings. The normalized spacial score (nSPS) is 16.4. The van der Waals surface area contributed by atoms with Crippen LogP contribution >= 0.6 is 0 Å². The summed E-state index contributed by atoms with van der Waals surface area (Å²) < 4.78 is 27.5. The molecule has 1 amide bonds. The maximum atomic E-state index is 13.0. The zero-order valence-corrected chi connectivity index (χ0v) is 15.9. The molecule has 1 heterocycles. The zero-order chi connectivity index (χ0) is 17.9. The highest BCUT2D eigenvalue weighted by molar-refractivity contribution is 7.89. The van der Waals surface area contributed by atoms with Crippen LogP contribution in [0.4, 0.5) is 0 Å². The number of carbonyl (C=O) groups is 1. The van der Waals surface area contributed by atoms with Gasteiger partial charge in [-0.3, -0.25) is 4.79 Å². The molecule has 0 N–H and O–H groups in total. The first-order valence-corrected chi connectivity index (χ1v) is 10.1. The third-order valence-electron chi connectivity index (χ3n) is 4.54. The maximum Gasteiger partial charge on any atom is 0.243 e. The van der Waals surface area contributed by atoms with Crippen LogP contribution in [-0.4, -0.2) is 49.7 Å². The molecule has 1 fully saturated rings. The standard InChI is InChI=1S/C18H28N2O3S/c1-5-6-7-17(21)19-8-10-20(11-9-19)24(22,23)18-15(3)12-14(2)13-16(18)4/h12-13H,5-11H2,1-4H3. The van der Waals surface area contributed by atoms with Crippen LogP contribution in [0.25, 0.3) is 0 Å². The van der Waals surface area contributed by atoms with Gasteiger partial charge in [-0.05, 0) is 38.3 Å². The van der Waals surface area contributed by atoms with Gasteiger partial charge in [0.25, 0.3) is 0 Å². The van der Waals surface area contributed by atoms with Gasteiger partial charge >= 0.3 is 0 Å². The summed E-state index contributed by atoms with van der Waals surface area (Å²) in [7, 11) is -3.51. The highest BCUT2D eigenvalue weighted by atomic mass is 32.2.